The summed E-state index contributed by atoms with van der Waals surface area (Å²) in [6, 6.07) is 10.1. The van der Waals surface area contributed by atoms with Crippen LogP contribution in [0.1, 0.15) is 48.1 Å². The van der Waals surface area contributed by atoms with Gasteiger partial charge in [0, 0.05) is 57.2 Å². The summed E-state index contributed by atoms with van der Waals surface area (Å²) >= 11 is 2.62. The maximum Gasteiger partial charge on any atom is 0.410 e. The molecule has 3 aliphatic rings. The molecular weight excluding hydrogens is 733 g/mol. The third-order valence-corrected chi connectivity index (χ3v) is 11.8. The molecule has 6 atom stereocenters. The van der Waals surface area contributed by atoms with Gasteiger partial charge in [-0.25, -0.2) is 14.6 Å². The molecule has 276 valence electrons. The fraction of sp³-hybridized carbons (Fsp3) is 0.394. The number of aromatic nitrogens is 1. The summed E-state index contributed by atoms with van der Waals surface area (Å²) < 4.78 is 11.3. The van der Waals surface area contributed by atoms with E-state index in [2.05, 4.69) is 15.0 Å². The molecule has 0 spiro atoms. The number of nitro benzene ring substituents is 2. The zero-order valence-corrected chi connectivity index (χ0v) is 29.8. The summed E-state index contributed by atoms with van der Waals surface area (Å²) in [5.41, 5.74) is 10.2. The van der Waals surface area contributed by atoms with Gasteiger partial charge in [0.25, 0.3) is 11.4 Å². The molecule has 0 saturated carbocycles. The summed E-state index contributed by atoms with van der Waals surface area (Å²) in [4.78, 5) is 72.5. The first-order chi connectivity index (χ1) is 25.4. The molecule has 2 amide bonds. The number of aliphatic hydroxyl groups is 1. The number of rotatable bonds is 13. The average Bonchev–Trinajstić information content (AvgIpc) is 3.84. The lowest BCUT2D eigenvalue weighted by atomic mass is 9.79. The number of carbonyl (C=O) groups is 3. The van der Waals surface area contributed by atoms with Crippen LogP contribution in [0.25, 0.3) is 10.4 Å². The largest absolute Gasteiger partial charge is 0.456 e. The number of β-lactam (4-membered cyclic amide) rings is 1. The number of hydrogen-bond acceptors (Lipinski definition) is 14. The Labute approximate surface area is 309 Å². The fourth-order valence-electron chi connectivity index (χ4n) is 6.69. The van der Waals surface area contributed by atoms with Crippen LogP contribution in [0.3, 0.4) is 0 Å². The van der Waals surface area contributed by atoms with Crippen molar-refractivity contribution in [1.29, 1.82) is 0 Å². The number of benzene rings is 2. The number of likely N-dealkylation sites (tertiary alicyclic amines) is 1. The number of aliphatic hydroxyl groups excluding tert-OH is 1. The molecule has 3 aromatic rings. The van der Waals surface area contributed by atoms with Crippen LogP contribution < -0.4 is 0 Å². The van der Waals surface area contributed by atoms with Crippen molar-refractivity contribution in [1.82, 2.24) is 14.8 Å². The van der Waals surface area contributed by atoms with Crippen molar-refractivity contribution in [2.75, 3.05) is 6.54 Å². The van der Waals surface area contributed by atoms with Gasteiger partial charge < -0.3 is 19.5 Å². The van der Waals surface area contributed by atoms with Gasteiger partial charge in [0.2, 0.25) is 5.91 Å². The number of ether oxygens (including phenoxy) is 2. The minimum atomic E-state index is -0.964. The predicted octanol–water partition coefficient (Wildman–Crippen LogP) is 5.77. The Balaban J connectivity index is 1.24. The number of nitrogens with zero attached hydrogens (tertiary/aromatic N) is 8. The van der Waals surface area contributed by atoms with Gasteiger partial charge in [-0.3, -0.25) is 29.9 Å². The number of carbonyl (C=O) groups excluding carboxylic acids is 3. The highest BCUT2D eigenvalue weighted by atomic mass is 32.2. The van der Waals surface area contributed by atoms with Gasteiger partial charge in [0.1, 0.15) is 23.9 Å². The lowest BCUT2D eigenvalue weighted by Gasteiger charge is -2.46. The SMILES string of the molecule is C[C@@H](O)[C@H]1C(=O)N2C(C(=O)OCc3ccc([N+](=O)[O-])cc3)=C(S[C@H]3C[C@@H](c4nc(CN=[N+]=[N-])cs4)N(C(=O)OCc4ccc([N+](=O)[O-])cc4)C3)[C@H](C)[C@H]12. The van der Waals surface area contributed by atoms with Crippen LogP contribution in [-0.2, 0) is 38.8 Å². The molecule has 0 radical (unpaired) electrons. The van der Waals surface area contributed by atoms with Crippen molar-refractivity contribution < 1.29 is 38.8 Å². The number of esters is 1. The van der Waals surface area contributed by atoms with Gasteiger partial charge in [-0.1, -0.05) is 12.0 Å². The molecule has 4 heterocycles. The Hall–Kier alpha value is -5.56. The Kier molecular flexibility index (Phi) is 10.9. The van der Waals surface area contributed by atoms with E-state index in [1.807, 2.05) is 6.92 Å². The molecule has 0 aliphatic carbocycles. The molecule has 18 nitrogen and oxygen atoms in total. The molecule has 3 aliphatic heterocycles. The molecule has 53 heavy (non-hydrogen) atoms. The summed E-state index contributed by atoms with van der Waals surface area (Å²) in [5, 5.41) is 38.1. The van der Waals surface area contributed by atoms with E-state index in [1.165, 1.54) is 88.4 Å². The molecule has 2 saturated heterocycles. The second-order valence-electron chi connectivity index (χ2n) is 12.7. The van der Waals surface area contributed by atoms with Gasteiger partial charge >= 0.3 is 12.1 Å². The smallest absolute Gasteiger partial charge is 0.410 e. The Bertz CT molecular complexity index is 2020. The third kappa shape index (κ3) is 7.66. The second-order valence-corrected chi connectivity index (χ2v) is 14.9. The van der Waals surface area contributed by atoms with Crippen molar-refractivity contribution >= 4 is 52.4 Å². The maximum atomic E-state index is 13.7. The summed E-state index contributed by atoms with van der Waals surface area (Å²) in [5.74, 6) is -2.27. The lowest BCUT2D eigenvalue weighted by Crippen LogP contribution is -2.63. The number of fused-ring (bicyclic) bond motifs is 1. The van der Waals surface area contributed by atoms with Crippen LogP contribution in [-0.4, -0.2) is 71.6 Å². The second kappa shape index (κ2) is 15.6. The van der Waals surface area contributed by atoms with Gasteiger partial charge in [-0.2, -0.15) is 0 Å². The number of non-ortho nitro benzene ring substituents is 2. The van der Waals surface area contributed by atoms with E-state index in [0.717, 1.165) is 0 Å². The normalized spacial score (nSPS) is 22.5. The van der Waals surface area contributed by atoms with E-state index >= 15 is 0 Å². The van der Waals surface area contributed by atoms with Crippen LogP contribution in [0.5, 0.6) is 0 Å². The Morgan fingerprint density at radius 3 is 2.26 bits per heavy atom. The number of hydrogen-bond donors (Lipinski definition) is 1. The summed E-state index contributed by atoms with van der Waals surface area (Å²) in [6.07, 6.45) is -1.24. The van der Waals surface area contributed by atoms with Crippen molar-refractivity contribution in [2.24, 2.45) is 17.0 Å². The molecule has 0 bridgehead atoms. The van der Waals surface area contributed by atoms with Gasteiger partial charge in [-0.15, -0.1) is 23.1 Å². The van der Waals surface area contributed by atoms with Crippen LogP contribution in [0.2, 0.25) is 0 Å². The zero-order valence-electron chi connectivity index (χ0n) is 28.2. The predicted molar refractivity (Wildman–Crippen MR) is 189 cm³/mol. The van der Waals surface area contributed by atoms with Gasteiger partial charge in [-0.05, 0) is 54.3 Å². The fourth-order valence-corrected chi connectivity index (χ4v) is 9.15. The Morgan fingerprint density at radius 1 is 1.09 bits per heavy atom. The van der Waals surface area contributed by atoms with E-state index < -0.39 is 51.9 Å². The van der Waals surface area contributed by atoms with Crippen LogP contribution in [0, 0.1) is 32.1 Å². The molecule has 1 N–H and O–H groups in total. The highest BCUT2D eigenvalue weighted by Crippen LogP contribution is 2.53. The first-order valence-corrected chi connectivity index (χ1v) is 18.1. The van der Waals surface area contributed by atoms with Crippen molar-refractivity contribution in [3.63, 3.8) is 0 Å². The summed E-state index contributed by atoms with van der Waals surface area (Å²) in [7, 11) is 0. The maximum absolute atomic E-state index is 13.7. The first kappa shape index (κ1) is 37.2. The average molecular weight is 765 g/mol. The van der Waals surface area contributed by atoms with E-state index in [1.54, 1.807) is 5.38 Å². The molecule has 20 heteroatoms. The highest BCUT2D eigenvalue weighted by molar-refractivity contribution is 8.03. The molecule has 1 aromatic heterocycles. The number of nitro groups is 2. The number of azide groups is 1. The standard InChI is InChI=1S/C33H32N8O10S2/c1-17-27-26(18(2)42)31(43)39(27)28(32(44)50-14-19-3-7-22(8-4-19)40(46)47)29(17)53-24-11-25(30-36-21(16-52-30)12-35-37-34)38(13-24)33(45)51-15-20-5-9-23(10-6-20)41(48)49/h3-10,16-18,24-27,42H,11-15H2,1-2H3/t17-,18-,24+,25+,26-,27-/m1/s1. The van der Waals surface area contributed by atoms with Crippen LogP contribution in [0.15, 0.2) is 69.6 Å². The van der Waals surface area contributed by atoms with Crippen molar-refractivity contribution in [3.8, 4) is 0 Å². The molecular formula is C33H32N8O10S2. The van der Waals surface area contributed by atoms with Crippen LogP contribution in [0.4, 0.5) is 16.2 Å². The first-order valence-electron chi connectivity index (χ1n) is 16.3. The monoisotopic (exact) mass is 764 g/mol. The topological polar surface area (TPSA) is 244 Å². The number of thiazole rings is 1. The molecule has 2 aromatic carbocycles. The number of amides is 2. The minimum absolute atomic E-state index is 0.0218. The van der Waals surface area contributed by atoms with E-state index in [9.17, 15) is 39.7 Å². The Morgan fingerprint density at radius 2 is 1.70 bits per heavy atom. The third-order valence-electron chi connectivity index (χ3n) is 9.27. The van der Waals surface area contributed by atoms with E-state index in [-0.39, 0.29) is 54.5 Å². The van der Waals surface area contributed by atoms with Crippen LogP contribution >= 0.6 is 23.1 Å². The number of thioether (sulfide) groups is 1. The van der Waals surface area contributed by atoms with Gasteiger partial charge in [0.15, 0.2) is 0 Å². The highest BCUT2D eigenvalue weighted by Gasteiger charge is 2.60. The molecule has 2 fully saturated rings. The zero-order chi connectivity index (χ0) is 38.0. The minimum Gasteiger partial charge on any atom is -0.456 e. The van der Waals surface area contributed by atoms with Crippen molar-refractivity contribution in [2.45, 2.75) is 63.5 Å². The van der Waals surface area contributed by atoms with E-state index in [4.69, 9.17) is 15.0 Å². The molecule has 0 unspecified atom stereocenters. The lowest BCUT2D eigenvalue weighted by molar-refractivity contribution is -0.385. The summed E-state index contributed by atoms with van der Waals surface area (Å²) in [6.45, 7) is 3.22. The quantitative estimate of drug-likeness (QED) is 0.0415. The van der Waals surface area contributed by atoms with Gasteiger partial charge in [0.05, 0.1) is 46.2 Å². The molecule has 6 rings (SSSR count). The van der Waals surface area contributed by atoms with Crippen molar-refractivity contribution in [3.05, 3.63) is 117 Å². The van der Waals surface area contributed by atoms with E-state index in [0.29, 0.717) is 33.2 Å².